The highest BCUT2D eigenvalue weighted by molar-refractivity contribution is 7.91. The minimum atomic E-state index is -3.14. The monoisotopic (exact) mass is 224 g/mol. The van der Waals surface area contributed by atoms with E-state index < -0.39 is 16.0 Å². The maximum Gasteiger partial charge on any atom is 0.505 e. The lowest BCUT2D eigenvalue weighted by atomic mass is 10.3. The maximum absolute atomic E-state index is 11.2. The van der Waals surface area contributed by atoms with E-state index in [0.29, 0.717) is 6.42 Å². The van der Waals surface area contributed by atoms with E-state index in [1.165, 1.54) is 0 Å². The number of rotatable bonds is 7. The quantitative estimate of drug-likeness (QED) is 0.520. The molecule has 0 aromatic rings. The fourth-order valence-electron chi connectivity index (χ4n) is 0.930. The molecular weight excluding hydrogens is 208 g/mol. The molecule has 0 saturated heterocycles. The Labute approximate surface area is 84.0 Å². The lowest BCUT2D eigenvalue weighted by Gasteiger charge is -2.03. The van der Waals surface area contributed by atoms with E-state index in [4.69, 9.17) is 5.11 Å². The average Bonchev–Trinajstić information content (AvgIpc) is 2.03. The summed E-state index contributed by atoms with van der Waals surface area (Å²) in [6, 6.07) is 0. The second-order valence-electron chi connectivity index (χ2n) is 2.97. The summed E-state index contributed by atoms with van der Waals surface area (Å²) in [4.78, 5) is 9.93. The number of hydrogen-bond donors (Lipinski definition) is 1. The molecule has 14 heavy (non-hydrogen) atoms. The van der Waals surface area contributed by atoms with Gasteiger partial charge in [-0.2, -0.15) is 0 Å². The van der Waals surface area contributed by atoms with Gasteiger partial charge < -0.3 is 9.84 Å². The Hall–Kier alpha value is -0.780. The number of unbranched alkanes of at least 4 members (excludes halogenated alkanes) is 2. The van der Waals surface area contributed by atoms with Crippen molar-refractivity contribution in [3.63, 3.8) is 0 Å². The van der Waals surface area contributed by atoms with E-state index >= 15 is 0 Å². The van der Waals surface area contributed by atoms with Crippen molar-refractivity contribution in [2.45, 2.75) is 26.2 Å². The molecular formula is C8H16O5S. The minimum Gasteiger partial charge on any atom is -0.450 e. The van der Waals surface area contributed by atoms with Gasteiger partial charge in [-0.05, 0) is 6.42 Å². The summed E-state index contributed by atoms with van der Waals surface area (Å²) in [7, 11) is -3.14. The van der Waals surface area contributed by atoms with E-state index in [-0.39, 0.29) is 18.1 Å². The SMILES string of the molecule is CCCCCS(=O)(=O)CCOC(=O)O. The van der Waals surface area contributed by atoms with Gasteiger partial charge in [-0.1, -0.05) is 19.8 Å². The van der Waals surface area contributed by atoms with Gasteiger partial charge in [0.1, 0.15) is 6.61 Å². The van der Waals surface area contributed by atoms with E-state index in [1.807, 2.05) is 6.92 Å². The standard InChI is InChI=1S/C8H16O5S/c1-2-3-4-6-14(11,12)7-5-13-8(9)10/h2-7H2,1H3,(H,9,10). The molecule has 6 heteroatoms. The van der Waals surface area contributed by atoms with E-state index in [9.17, 15) is 13.2 Å². The third-order valence-electron chi connectivity index (χ3n) is 1.68. The lowest BCUT2D eigenvalue weighted by molar-refractivity contribution is 0.0972. The summed E-state index contributed by atoms with van der Waals surface area (Å²) in [5.41, 5.74) is 0. The second-order valence-corrected chi connectivity index (χ2v) is 5.28. The van der Waals surface area contributed by atoms with Crippen LogP contribution in [0.4, 0.5) is 4.79 Å². The summed E-state index contributed by atoms with van der Waals surface area (Å²) in [5.74, 6) is -0.104. The van der Waals surface area contributed by atoms with E-state index in [1.54, 1.807) is 0 Å². The molecule has 0 heterocycles. The molecule has 0 aromatic heterocycles. The molecule has 84 valence electrons. The van der Waals surface area contributed by atoms with Crippen LogP contribution in [0.25, 0.3) is 0 Å². The predicted octanol–water partition coefficient (Wildman–Crippen LogP) is 1.29. The molecule has 0 unspecified atom stereocenters. The summed E-state index contributed by atoms with van der Waals surface area (Å²) in [6.07, 6.45) is 1.03. The average molecular weight is 224 g/mol. The van der Waals surface area contributed by atoms with Gasteiger partial charge in [0.25, 0.3) is 0 Å². The number of ether oxygens (including phenoxy) is 1. The highest BCUT2D eigenvalue weighted by atomic mass is 32.2. The van der Waals surface area contributed by atoms with Gasteiger partial charge in [-0.3, -0.25) is 0 Å². The number of sulfone groups is 1. The third kappa shape index (κ3) is 7.85. The Bertz CT molecular complexity index is 257. The first-order chi connectivity index (χ1) is 6.48. The van der Waals surface area contributed by atoms with Crippen LogP contribution in [0.2, 0.25) is 0 Å². The molecule has 0 radical (unpaired) electrons. The molecule has 5 nitrogen and oxygen atoms in total. The highest BCUT2D eigenvalue weighted by Gasteiger charge is 2.11. The molecule has 0 bridgehead atoms. The van der Waals surface area contributed by atoms with Crippen molar-refractivity contribution in [2.75, 3.05) is 18.1 Å². The molecule has 0 fully saturated rings. The Morgan fingerprint density at radius 2 is 1.93 bits per heavy atom. The van der Waals surface area contributed by atoms with Crippen molar-refractivity contribution in [2.24, 2.45) is 0 Å². The Balaban J connectivity index is 3.67. The Morgan fingerprint density at radius 1 is 1.29 bits per heavy atom. The zero-order valence-electron chi connectivity index (χ0n) is 8.23. The van der Waals surface area contributed by atoms with Crippen LogP contribution < -0.4 is 0 Å². The minimum absolute atomic E-state index is 0.115. The van der Waals surface area contributed by atoms with Crippen molar-refractivity contribution in [3.8, 4) is 0 Å². The number of carbonyl (C=O) groups is 1. The summed E-state index contributed by atoms with van der Waals surface area (Å²) in [6.45, 7) is 1.71. The largest absolute Gasteiger partial charge is 0.505 e. The predicted molar refractivity (Wildman–Crippen MR) is 52.2 cm³/mol. The number of carboxylic acid groups (broad SMARTS) is 1. The van der Waals surface area contributed by atoms with Gasteiger partial charge in [0.2, 0.25) is 0 Å². The van der Waals surface area contributed by atoms with Crippen LogP contribution in [-0.4, -0.2) is 37.8 Å². The van der Waals surface area contributed by atoms with Gasteiger partial charge >= 0.3 is 6.16 Å². The molecule has 0 aliphatic rings. The summed E-state index contributed by atoms with van der Waals surface area (Å²) < 4.78 is 26.5. The molecule has 0 spiro atoms. The van der Waals surface area contributed by atoms with Gasteiger partial charge in [0, 0.05) is 0 Å². The van der Waals surface area contributed by atoms with E-state index in [2.05, 4.69) is 4.74 Å². The normalized spacial score (nSPS) is 11.2. The van der Waals surface area contributed by atoms with Gasteiger partial charge in [-0.25, -0.2) is 13.2 Å². The molecule has 0 aliphatic carbocycles. The molecule has 0 atom stereocenters. The molecule has 0 saturated carbocycles. The Morgan fingerprint density at radius 3 is 2.43 bits per heavy atom. The van der Waals surface area contributed by atoms with E-state index in [0.717, 1.165) is 12.8 Å². The van der Waals surface area contributed by atoms with Gasteiger partial charge in [0.05, 0.1) is 11.5 Å². The van der Waals surface area contributed by atoms with Crippen LogP contribution in [0.1, 0.15) is 26.2 Å². The van der Waals surface area contributed by atoms with Crippen LogP contribution in [0.15, 0.2) is 0 Å². The maximum atomic E-state index is 11.2. The van der Waals surface area contributed by atoms with Crippen molar-refractivity contribution in [3.05, 3.63) is 0 Å². The van der Waals surface area contributed by atoms with Crippen molar-refractivity contribution in [1.82, 2.24) is 0 Å². The highest BCUT2D eigenvalue weighted by Crippen LogP contribution is 2.00. The van der Waals surface area contributed by atoms with Gasteiger partial charge in [0.15, 0.2) is 9.84 Å². The molecule has 0 rings (SSSR count). The lowest BCUT2D eigenvalue weighted by Crippen LogP contribution is -2.17. The van der Waals surface area contributed by atoms with Crippen molar-refractivity contribution >= 4 is 16.0 Å². The fraction of sp³-hybridized carbons (Fsp3) is 0.875. The van der Waals surface area contributed by atoms with Crippen LogP contribution >= 0.6 is 0 Å². The first kappa shape index (κ1) is 13.2. The molecule has 1 N–H and O–H groups in total. The number of hydrogen-bond acceptors (Lipinski definition) is 4. The van der Waals surface area contributed by atoms with Crippen LogP contribution in [0.3, 0.4) is 0 Å². The van der Waals surface area contributed by atoms with Crippen LogP contribution in [-0.2, 0) is 14.6 Å². The smallest absolute Gasteiger partial charge is 0.450 e. The van der Waals surface area contributed by atoms with Crippen LogP contribution in [0.5, 0.6) is 0 Å². The van der Waals surface area contributed by atoms with Crippen LogP contribution in [0, 0.1) is 0 Å². The van der Waals surface area contributed by atoms with Crippen molar-refractivity contribution < 1.29 is 23.1 Å². The Kier molecular flexibility index (Phi) is 6.27. The fourth-order valence-corrected chi connectivity index (χ4v) is 2.12. The second kappa shape index (κ2) is 6.64. The zero-order valence-corrected chi connectivity index (χ0v) is 9.05. The van der Waals surface area contributed by atoms with Gasteiger partial charge in [-0.15, -0.1) is 0 Å². The molecule has 0 aliphatic heterocycles. The molecule has 0 amide bonds. The topological polar surface area (TPSA) is 80.7 Å². The first-order valence-corrected chi connectivity index (χ1v) is 6.36. The zero-order chi connectivity index (χ0) is 11.0. The molecule has 0 aromatic carbocycles. The first-order valence-electron chi connectivity index (χ1n) is 4.54. The van der Waals surface area contributed by atoms with Crippen molar-refractivity contribution in [1.29, 1.82) is 0 Å². The summed E-state index contributed by atoms with van der Waals surface area (Å²) >= 11 is 0. The summed E-state index contributed by atoms with van der Waals surface area (Å²) in [5, 5.41) is 8.11. The third-order valence-corrected chi connectivity index (χ3v) is 3.38.